The number of furan rings is 1. The van der Waals surface area contributed by atoms with E-state index in [1.807, 2.05) is 30.3 Å². The predicted octanol–water partition coefficient (Wildman–Crippen LogP) is 4.63. The molecule has 1 aliphatic carbocycles. The number of aliphatic hydroxyl groups is 1. The van der Waals surface area contributed by atoms with Crippen molar-refractivity contribution in [2.24, 2.45) is 0 Å². The Labute approximate surface area is 181 Å². The van der Waals surface area contributed by atoms with Gasteiger partial charge in [-0.2, -0.15) is 0 Å². The normalized spacial score (nSPS) is 15.3. The molecule has 6 nitrogen and oxygen atoms in total. The van der Waals surface area contributed by atoms with Gasteiger partial charge in [-0.1, -0.05) is 50.7 Å². The van der Waals surface area contributed by atoms with Crippen molar-refractivity contribution in [3.63, 3.8) is 0 Å². The zero-order chi connectivity index (χ0) is 21.1. The van der Waals surface area contributed by atoms with Crippen LogP contribution in [0.25, 0.3) is 0 Å². The third kappa shape index (κ3) is 5.08. The van der Waals surface area contributed by atoms with Gasteiger partial charge in [-0.25, -0.2) is 0 Å². The second-order valence-corrected chi connectivity index (χ2v) is 9.79. The summed E-state index contributed by atoms with van der Waals surface area (Å²) in [5.41, 5.74) is 1.12. The highest BCUT2D eigenvalue weighted by Crippen LogP contribution is 2.40. The lowest BCUT2D eigenvalue weighted by Gasteiger charge is -2.23. The maximum absolute atomic E-state index is 10.5. The molecular formula is C23H29N3O3S. The van der Waals surface area contributed by atoms with Crippen LogP contribution in [0.15, 0.2) is 52.2 Å². The molecule has 2 aromatic heterocycles. The Balaban J connectivity index is 1.37. The van der Waals surface area contributed by atoms with Crippen molar-refractivity contribution < 1.29 is 14.3 Å². The number of rotatable bonds is 9. The van der Waals surface area contributed by atoms with E-state index in [0.717, 1.165) is 40.9 Å². The van der Waals surface area contributed by atoms with Gasteiger partial charge in [0.1, 0.15) is 23.9 Å². The average Bonchev–Trinajstić information content (AvgIpc) is 3.28. The van der Waals surface area contributed by atoms with Gasteiger partial charge in [-0.05, 0) is 42.0 Å². The van der Waals surface area contributed by atoms with Gasteiger partial charge < -0.3 is 14.3 Å². The van der Waals surface area contributed by atoms with Crippen LogP contribution in [0, 0.1) is 0 Å². The number of nitrogens with zero attached hydrogens (tertiary/aromatic N) is 3. The zero-order valence-corrected chi connectivity index (χ0v) is 18.6. The predicted molar refractivity (Wildman–Crippen MR) is 117 cm³/mol. The Morgan fingerprint density at radius 3 is 2.70 bits per heavy atom. The molecular weight excluding hydrogens is 398 g/mol. The van der Waals surface area contributed by atoms with E-state index in [4.69, 9.17) is 9.15 Å². The molecule has 0 aliphatic heterocycles. The molecule has 160 valence electrons. The van der Waals surface area contributed by atoms with Crippen LogP contribution in [-0.2, 0) is 12.0 Å². The molecule has 1 aromatic carbocycles. The molecule has 0 spiro atoms. The lowest BCUT2D eigenvalue weighted by Crippen LogP contribution is -2.22. The van der Waals surface area contributed by atoms with E-state index in [1.165, 1.54) is 11.8 Å². The third-order valence-electron chi connectivity index (χ3n) is 5.11. The first kappa shape index (κ1) is 21.0. The summed E-state index contributed by atoms with van der Waals surface area (Å²) in [6.07, 6.45) is 3.39. The lowest BCUT2D eigenvalue weighted by molar-refractivity contribution is 0.125. The Bertz CT molecular complexity index is 958. The van der Waals surface area contributed by atoms with E-state index in [0.29, 0.717) is 18.2 Å². The first-order valence-corrected chi connectivity index (χ1v) is 11.4. The van der Waals surface area contributed by atoms with Crippen LogP contribution in [0.1, 0.15) is 56.7 Å². The number of aliphatic hydroxyl groups excluding tert-OH is 1. The molecule has 7 heteroatoms. The molecule has 0 bridgehead atoms. The van der Waals surface area contributed by atoms with Crippen molar-refractivity contribution in [3.05, 3.63) is 59.8 Å². The second kappa shape index (κ2) is 8.86. The summed E-state index contributed by atoms with van der Waals surface area (Å²) in [4.78, 5) is 0. The number of para-hydroxylation sites is 1. The van der Waals surface area contributed by atoms with Crippen molar-refractivity contribution in [1.82, 2.24) is 14.8 Å². The number of ether oxygens (including phenoxy) is 1. The molecule has 2 heterocycles. The molecule has 4 rings (SSSR count). The summed E-state index contributed by atoms with van der Waals surface area (Å²) in [6.45, 7) is 7.32. The minimum Gasteiger partial charge on any atom is -0.491 e. The fourth-order valence-corrected chi connectivity index (χ4v) is 4.22. The minimum atomic E-state index is -0.610. The molecule has 0 saturated heterocycles. The largest absolute Gasteiger partial charge is 0.491 e. The fraction of sp³-hybridized carbons (Fsp3) is 0.478. The minimum absolute atomic E-state index is 0.0161. The van der Waals surface area contributed by atoms with Crippen LogP contribution in [0.2, 0.25) is 0 Å². The molecule has 1 aliphatic rings. The summed E-state index contributed by atoms with van der Waals surface area (Å²) in [6, 6.07) is 11.9. The van der Waals surface area contributed by atoms with E-state index in [9.17, 15) is 5.11 Å². The van der Waals surface area contributed by atoms with E-state index in [1.54, 1.807) is 6.26 Å². The third-order valence-corrected chi connectivity index (χ3v) is 6.22. The molecule has 1 N–H and O–H groups in total. The van der Waals surface area contributed by atoms with Crippen molar-refractivity contribution in [3.8, 4) is 5.75 Å². The zero-order valence-electron chi connectivity index (χ0n) is 17.7. The topological polar surface area (TPSA) is 73.3 Å². The van der Waals surface area contributed by atoms with Gasteiger partial charge in [0.05, 0.1) is 18.9 Å². The van der Waals surface area contributed by atoms with E-state index in [2.05, 4.69) is 41.6 Å². The Kier molecular flexibility index (Phi) is 6.20. The number of aromatic nitrogens is 3. The van der Waals surface area contributed by atoms with Gasteiger partial charge in [0.25, 0.3) is 0 Å². The summed E-state index contributed by atoms with van der Waals surface area (Å²) < 4.78 is 13.6. The first-order chi connectivity index (χ1) is 14.4. The smallest absolute Gasteiger partial charge is 0.191 e. The van der Waals surface area contributed by atoms with E-state index in [-0.39, 0.29) is 12.0 Å². The quantitative estimate of drug-likeness (QED) is 0.502. The van der Waals surface area contributed by atoms with Crippen molar-refractivity contribution in [2.45, 2.75) is 62.8 Å². The SMILES string of the molecule is CC(C)(C)c1ccccc1OCC(O)CSc1nnc(C2CC2)n1Cc1ccco1. The summed E-state index contributed by atoms with van der Waals surface area (Å²) >= 11 is 1.51. The molecule has 1 fully saturated rings. The summed E-state index contributed by atoms with van der Waals surface area (Å²) in [5.74, 6) is 3.69. The summed E-state index contributed by atoms with van der Waals surface area (Å²) in [7, 11) is 0. The van der Waals surface area contributed by atoms with Crippen LogP contribution in [0.5, 0.6) is 5.75 Å². The first-order valence-electron chi connectivity index (χ1n) is 10.4. The fourth-order valence-electron chi connectivity index (χ4n) is 3.37. The molecule has 1 saturated carbocycles. The highest BCUT2D eigenvalue weighted by molar-refractivity contribution is 7.99. The van der Waals surface area contributed by atoms with Crippen molar-refractivity contribution >= 4 is 11.8 Å². The highest BCUT2D eigenvalue weighted by Gasteiger charge is 2.31. The molecule has 0 amide bonds. The van der Waals surface area contributed by atoms with Crippen LogP contribution in [-0.4, -0.2) is 38.3 Å². The Morgan fingerprint density at radius 2 is 2.00 bits per heavy atom. The maximum atomic E-state index is 10.5. The molecule has 3 aromatic rings. The van der Waals surface area contributed by atoms with Gasteiger partial charge in [0.15, 0.2) is 5.16 Å². The monoisotopic (exact) mass is 427 g/mol. The van der Waals surface area contributed by atoms with Crippen molar-refractivity contribution in [2.75, 3.05) is 12.4 Å². The number of benzene rings is 1. The van der Waals surface area contributed by atoms with Crippen LogP contribution < -0.4 is 4.74 Å². The van der Waals surface area contributed by atoms with Crippen LogP contribution >= 0.6 is 11.8 Å². The van der Waals surface area contributed by atoms with Gasteiger partial charge in [0, 0.05) is 11.7 Å². The number of hydrogen-bond donors (Lipinski definition) is 1. The highest BCUT2D eigenvalue weighted by atomic mass is 32.2. The van der Waals surface area contributed by atoms with Gasteiger partial charge in [-0.15, -0.1) is 10.2 Å². The number of hydrogen-bond acceptors (Lipinski definition) is 6. The van der Waals surface area contributed by atoms with Gasteiger partial charge in [-0.3, -0.25) is 4.57 Å². The Hall–Kier alpha value is -2.25. The van der Waals surface area contributed by atoms with E-state index >= 15 is 0 Å². The maximum Gasteiger partial charge on any atom is 0.191 e. The lowest BCUT2D eigenvalue weighted by atomic mass is 9.86. The molecule has 1 atom stereocenters. The van der Waals surface area contributed by atoms with E-state index < -0.39 is 6.10 Å². The van der Waals surface area contributed by atoms with Crippen LogP contribution in [0.4, 0.5) is 0 Å². The average molecular weight is 428 g/mol. The van der Waals surface area contributed by atoms with Crippen LogP contribution in [0.3, 0.4) is 0 Å². The second-order valence-electron chi connectivity index (χ2n) is 8.80. The molecule has 30 heavy (non-hydrogen) atoms. The number of thioether (sulfide) groups is 1. The Morgan fingerprint density at radius 1 is 1.20 bits per heavy atom. The van der Waals surface area contributed by atoms with Crippen molar-refractivity contribution in [1.29, 1.82) is 0 Å². The molecule has 0 radical (unpaired) electrons. The van der Waals surface area contributed by atoms with Gasteiger partial charge in [0.2, 0.25) is 0 Å². The van der Waals surface area contributed by atoms with Gasteiger partial charge >= 0.3 is 0 Å². The standard InChI is InChI=1S/C23H29N3O3S/c1-23(2,3)19-8-4-5-9-20(19)29-14-17(27)15-30-22-25-24-21(16-10-11-16)26(22)13-18-7-6-12-28-18/h4-9,12,16-17,27H,10-11,13-15H2,1-3H3. The molecule has 1 unspecified atom stereocenters. The summed E-state index contributed by atoms with van der Waals surface area (Å²) in [5, 5.41) is 20.1.